The molecule has 0 bridgehead atoms. The molecule has 2 aliphatic rings. The van der Waals surface area contributed by atoms with E-state index in [9.17, 15) is 36.0 Å². The highest BCUT2D eigenvalue weighted by Crippen LogP contribution is 2.56. The molecule has 4 amide bonds. The molecule has 2 unspecified atom stereocenters. The number of imide groups is 1. The first-order valence-corrected chi connectivity index (χ1v) is 12.9. The zero-order valence-electron chi connectivity index (χ0n) is 20.0. The van der Waals surface area contributed by atoms with Crippen LogP contribution in [0.15, 0.2) is 78.0 Å². The Morgan fingerprint density at radius 2 is 1.72 bits per heavy atom. The van der Waals surface area contributed by atoms with Gasteiger partial charge in [-0.15, -0.1) is 0 Å². The smallest absolute Gasteiger partial charge is 0.410 e. The van der Waals surface area contributed by atoms with Gasteiger partial charge in [0.15, 0.2) is 0 Å². The molecule has 14 heteroatoms. The van der Waals surface area contributed by atoms with Crippen LogP contribution < -0.4 is 19.9 Å². The summed E-state index contributed by atoms with van der Waals surface area (Å²) >= 11 is 0. The third-order valence-electron chi connectivity index (χ3n) is 6.57. The van der Waals surface area contributed by atoms with Gasteiger partial charge in [-0.2, -0.15) is 13.2 Å². The molecule has 2 heterocycles. The number of ether oxygens (including phenoxy) is 1. The third kappa shape index (κ3) is 4.26. The van der Waals surface area contributed by atoms with Gasteiger partial charge in [-0.1, -0.05) is 25.1 Å². The van der Waals surface area contributed by atoms with E-state index >= 15 is 0 Å². The molecule has 1 spiro atoms. The molecule has 2 fully saturated rings. The van der Waals surface area contributed by atoms with Crippen molar-refractivity contribution in [2.24, 2.45) is 5.92 Å². The van der Waals surface area contributed by atoms with E-state index in [0.29, 0.717) is 12.1 Å². The fourth-order valence-corrected chi connectivity index (χ4v) is 5.29. The molecule has 1 aliphatic heterocycles. The third-order valence-corrected chi connectivity index (χ3v) is 8.07. The van der Waals surface area contributed by atoms with Crippen LogP contribution in [-0.2, 0) is 14.6 Å². The Labute approximate surface area is 219 Å². The maximum absolute atomic E-state index is 13.7. The quantitative estimate of drug-likeness (QED) is 0.447. The van der Waals surface area contributed by atoms with Crippen molar-refractivity contribution < 1.29 is 40.7 Å². The molecule has 1 aliphatic carbocycles. The molecule has 1 saturated heterocycles. The van der Waals surface area contributed by atoms with Crippen molar-refractivity contribution in [1.29, 1.82) is 0 Å². The summed E-state index contributed by atoms with van der Waals surface area (Å²) in [4.78, 5) is 44.7. The summed E-state index contributed by atoms with van der Waals surface area (Å²) in [6, 6.07) is 12.1. The summed E-state index contributed by atoms with van der Waals surface area (Å²) in [6.45, 7) is 1.75. The molecule has 1 aromatic heterocycles. The lowest BCUT2D eigenvalue weighted by molar-refractivity contribution is -0.119. The summed E-state index contributed by atoms with van der Waals surface area (Å²) in [5, 5.41) is 2.52. The first kappa shape index (κ1) is 26.2. The van der Waals surface area contributed by atoms with Crippen molar-refractivity contribution in [3.8, 4) is 5.75 Å². The molecular weight excluding hydrogens is 541 g/mol. The number of carbonyl (C=O) groups is 3. The summed E-state index contributed by atoms with van der Waals surface area (Å²) in [5.41, 5.74) is -6.71. The molecule has 1 N–H and O–H groups in total. The van der Waals surface area contributed by atoms with E-state index < -0.39 is 43.8 Å². The van der Waals surface area contributed by atoms with Gasteiger partial charge in [-0.3, -0.25) is 20.0 Å². The number of halogens is 3. The van der Waals surface area contributed by atoms with Gasteiger partial charge in [-0.25, -0.2) is 22.9 Å². The SMILES string of the molecule is CC1CC12C(=O)N(c1ccc(S(=O)(=O)C(F)(F)F)cc1)C(=O)N2c1ccncc1NC(=O)Oc1ccccc1. The van der Waals surface area contributed by atoms with Crippen LogP contribution in [0.5, 0.6) is 5.75 Å². The number of alkyl halides is 3. The molecule has 3 aromatic rings. The van der Waals surface area contributed by atoms with Gasteiger partial charge in [0.05, 0.1) is 28.2 Å². The zero-order chi connectivity index (χ0) is 28.2. The van der Waals surface area contributed by atoms with E-state index in [4.69, 9.17) is 4.74 Å². The van der Waals surface area contributed by atoms with Crippen LogP contribution in [0.4, 0.5) is 39.8 Å². The Kier molecular flexibility index (Phi) is 6.09. The minimum Gasteiger partial charge on any atom is -0.410 e. The van der Waals surface area contributed by atoms with Gasteiger partial charge >= 0.3 is 17.6 Å². The number of amides is 4. The Morgan fingerprint density at radius 3 is 2.31 bits per heavy atom. The van der Waals surface area contributed by atoms with Gasteiger partial charge < -0.3 is 4.74 Å². The van der Waals surface area contributed by atoms with Crippen LogP contribution in [-0.4, -0.2) is 42.5 Å². The number of para-hydroxylation sites is 1. The van der Waals surface area contributed by atoms with E-state index in [1.54, 1.807) is 37.3 Å². The minimum atomic E-state index is -5.61. The number of rotatable bonds is 5. The fraction of sp³-hybridized carbons (Fsp3) is 0.200. The summed E-state index contributed by atoms with van der Waals surface area (Å²) < 4.78 is 67.5. The van der Waals surface area contributed by atoms with Gasteiger partial charge in [0.25, 0.3) is 15.7 Å². The number of carbonyl (C=O) groups excluding carboxylic acids is 3. The Balaban J connectivity index is 1.47. The summed E-state index contributed by atoms with van der Waals surface area (Å²) in [5.74, 6) is -0.663. The first-order valence-electron chi connectivity index (χ1n) is 11.5. The van der Waals surface area contributed by atoms with Crippen molar-refractivity contribution >= 4 is 44.9 Å². The number of anilines is 3. The standard InChI is InChI=1S/C25H19F3N4O6S/c1-15-13-24(15)21(33)31(16-7-9-18(10-8-16)39(36,37)25(26,27)28)23(35)32(24)20-11-12-29-14-19(20)30-22(34)38-17-5-3-2-4-6-17/h2-12,14-15H,13H2,1H3,(H,30,34). The number of hydrogen-bond acceptors (Lipinski definition) is 7. The second-order valence-corrected chi connectivity index (χ2v) is 10.9. The highest BCUT2D eigenvalue weighted by molar-refractivity contribution is 7.92. The van der Waals surface area contributed by atoms with Gasteiger partial charge in [0, 0.05) is 6.20 Å². The molecule has 10 nitrogen and oxygen atoms in total. The van der Waals surface area contributed by atoms with E-state index in [0.717, 1.165) is 17.0 Å². The number of nitrogens with zero attached hydrogens (tertiary/aromatic N) is 3. The van der Waals surface area contributed by atoms with E-state index in [-0.39, 0.29) is 35.2 Å². The van der Waals surface area contributed by atoms with Crippen molar-refractivity contribution in [1.82, 2.24) is 4.98 Å². The second kappa shape index (κ2) is 9.08. The van der Waals surface area contributed by atoms with Crippen molar-refractivity contribution in [2.75, 3.05) is 15.1 Å². The maximum atomic E-state index is 13.7. The van der Waals surface area contributed by atoms with Gasteiger partial charge in [0.2, 0.25) is 0 Å². The fourth-order valence-electron chi connectivity index (χ4n) is 4.53. The number of aromatic nitrogens is 1. The minimum absolute atomic E-state index is 0.0755. The summed E-state index contributed by atoms with van der Waals surface area (Å²) in [7, 11) is -5.61. The number of nitrogens with one attached hydrogen (secondary N) is 1. The predicted octanol–water partition coefficient (Wildman–Crippen LogP) is 4.74. The number of urea groups is 1. The Bertz CT molecular complexity index is 1580. The van der Waals surface area contributed by atoms with Crippen LogP contribution in [0, 0.1) is 5.92 Å². The first-order chi connectivity index (χ1) is 18.4. The van der Waals surface area contributed by atoms with Crippen molar-refractivity contribution in [3.63, 3.8) is 0 Å². The number of sulfone groups is 1. The van der Waals surface area contributed by atoms with Crippen LogP contribution in [0.3, 0.4) is 0 Å². The molecule has 5 rings (SSSR count). The van der Waals surface area contributed by atoms with Crippen LogP contribution in [0.25, 0.3) is 0 Å². The molecule has 2 atom stereocenters. The summed E-state index contributed by atoms with van der Waals surface area (Å²) in [6.07, 6.45) is 2.05. The Morgan fingerprint density at radius 1 is 1.08 bits per heavy atom. The number of hydrogen-bond donors (Lipinski definition) is 1. The van der Waals surface area contributed by atoms with Crippen LogP contribution in [0.1, 0.15) is 13.3 Å². The maximum Gasteiger partial charge on any atom is 0.501 e. The normalized spacial score (nSPS) is 20.9. The highest BCUT2D eigenvalue weighted by atomic mass is 32.2. The lowest BCUT2D eigenvalue weighted by Crippen LogP contribution is -2.39. The molecular formula is C25H19F3N4O6S. The zero-order valence-corrected chi connectivity index (χ0v) is 20.9. The number of benzene rings is 2. The predicted molar refractivity (Wildman–Crippen MR) is 132 cm³/mol. The lowest BCUT2D eigenvalue weighted by atomic mass is 10.1. The van der Waals surface area contributed by atoms with Crippen molar-refractivity contribution in [2.45, 2.75) is 29.3 Å². The average Bonchev–Trinajstić information content (AvgIpc) is 3.50. The topological polar surface area (TPSA) is 126 Å². The van der Waals surface area contributed by atoms with Crippen LogP contribution in [0.2, 0.25) is 0 Å². The molecule has 202 valence electrons. The lowest BCUT2D eigenvalue weighted by Gasteiger charge is -2.24. The Hall–Kier alpha value is -4.46. The van der Waals surface area contributed by atoms with Crippen LogP contribution >= 0.6 is 0 Å². The van der Waals surface area contributed by atoms with E-state index in [2.05, 4.69) is 10.3 Å². The van der Waals surface area contributed by atoms with Gasteiger partial charge in [-0.05, 0) is 54.8 Å². The molecule has 39 heavy (non-hydrogen) atoms. The monoisotopic (exact) mass is 560 g/mol. The number of pyridine rings is 1. The van der Waals surface area contributed by atoms with Crippen molar-refractivity contribution in [3.05, 3.63) is 73.1 Å². The molecule has 0 radical (unpaired) electrons. The van der Waals surface area contributed by atoms with E-state index in [1.165, 1.54) is 23.4 Å². The highest BCUT2D eigenvalue weighted by Gasteiger charge is 2.71. The molecule has 2 aromatic carbocycles. The largest absolute Gasteiger partial charge is 0.501 e. The van der Waals surface area contributed by atoms with Gasteiger partial charge in [0.1, 0.15) is 11.3 Å². The van der Waals surface area contributed by atoms with E-state index in [1.807, 2.05) is 0 Å². The molecule has 1 saturated carbocycles. The second-order valence-electron chi connectivity index (χ2n) is 8.95. The average molecular weight is 561 g/mol.